The zero-order valence-corrected chi connectivity index (χ0v) is 18.8. The minimum absolute atomic E-state index is 0.309. The number of amides is 1. The van der Waals surface area contributed by atoms with Gasteiger partial charge in [-0.05, 0) is 42.6 Å². The van der Waals surface area contributed by atoms with Crippen molar-refractivity contribution in [2.24, 2.45) is 5.92 Å². The molecule has 3 aromatic rings. The molecular weight excluding hydrogens is 398 g/mol. The second kappa shape index (κ2) is 7.93. The van der Waals surface area contributed by atoms with E-state index in [1.807, 2.05) is 10.7 Å². The summed E-state index contributed by atoms with van der Waals surface area (Å²) < 4.78 is 1.99. The molecule has 1 amide bonds. The number of carbonyl (C=O) groups is 1. The molecule has 32 heavy (non-hydrogen) atoms. The minimum atomic E-state index is 0.309. The Bertz CT molecular complexity index is 1120. The Morgan fingerprint density at radius 3 is 2.44 bits per heavy atom. The van der Waals surface area contributed by atoms with Crippen molar-refractivity contribution >= 4 is 17.1 Å². The van der Waals surface area contributed by atoms with Gasteiger partial charge in [-0.1, -0.05) is 31.2 Å². The van der Waals surface area contributed by atoms with Crippen LogP contribution < -0.4 is 4.90 Å². The van der Waals surface area contributed by atoms with Crippen LogP contribution in [-0.2, 0) is 4.79 Å². The van der Waals surface area contributed by atoms with Crippen molar-refractivity contribution in [1.82, 2.24) is 19.4 Å². The maximum atomic E-state index is 12.4. The highest BCUT2D eigenvalue weighted by molar-refractivity contribution is 5.82. The second-order valence-corrected chi connectivity index (χ2v) is 9.53. The number of likely N-dealkylation sites (N-methyl/N-ethyl adjacent to an activating group) is 1. The first kappa shape index (κ1) is 19.8. The Morgan fingerprint density at radius 2 is 1.75 bits per heavy atom. The maximum Gasteiger partial charge on any atom is 0.225 e. The van der Waals surface area contributed by atoms with Crippen molar-refractivity contribution in [2.75, 3.05) is 50.7 Å². The Kier molecular flexibility index (Phi) is 4.90. The Balaban J connectivity index is 1.19. The van der Waals surface area contributed by atoms with Gasteiger partial charge < -0.3 is 14.7 Å². The largest absolute Gasteiger partial charge is 0.366 e. The lowest BCUT2D eigenvalue weighted by molar-refractivity contribution is -0.132. The Morgan fingerprint density at radius 1 is 1.00 bits per heavy atom. The highest BCUT2D eigenvalue weighted by Gasteiger charge is 2.34. The van der Waals surface area contributed by atoms with Gasteiger partial charge in [0.1, 0.15) is 0 Å². The van der Waals surface area contributed by atoms with Crippen molar-refractivity contribution in [3.63, 3.8) is 0 Å². The number of anilines is 1. The van der Waals surface area contributed by atoms with Crippen LogP contribution >= 0.6 is 0 Å². The van der Waals surface area contributed by atoms with Gasteiger partial charge in [0.05, 0.1) is 11.2 Å². The number of benzene rings is 1. The van der Waals surface area contributed by atoms with E-state index in [4.69, 9.17) is 0 Å². The van der Waals surface area contributed by atoms with Gasteiger partial charge in [0.25, 0.3) is 0 Å². The number of likely N-dealkylation sites (tertiary alicyclic amines) is 1. The zero-order chi connectivity index (χ0) is 21.7. The lowest BCUT2D eigenvalue weighted by atomic mass is 9.90. The maximum absolute atomic E-state index is 12.4. The summed E-state index contributed by atoms with van der Waals surface area (Å²) in [5, 5.41) is 4.56. The first-order valence-corrected chi connectivity index (χ1v) is 12.0. The van der Waals surface area contributed by atoms with E-state index < -0.39 is 0 Å². The summed E-state index contributed by atoms with van der Waals surface area (Å²) in [6.07, 6.45) is 6.17. The molecule has 1 aromatic carbocycles. The lowest BCUT2D eigenvalue weighted by Gasteiger charge is -2.38. The van der Waals surface area contributed by atoms with Gasteiger partial charge in [-0.15, -0.1) is 0 Å². The van der Waals surface area contributed by atoms with Crippen LogP contribution in [-0.4, -0.2) is 71.1 Å². The molecule has 2 aliphatic heterocycles. The molecule has 3 aliphatic rings. The predicted octanol–water partition coefficient (Wildman–Crippen LogP) is 3.48. The van der Waals surface area contributed by atoms with Crippen LogP contribution in [0.3, 0.4) is 0 Å². The zero-order valence-electron chi connectivity index (χ0n) is 18.8. The van der Waals surface area contributed by atoms with Crippen molar-refractivity contribution < 1.29 is 4.79 Å². The van der Waals surface area contributed by atoms with Gasteiger partial charge in [0.2, 0.25) is 5.91 Å². The molecule has 2 aromatic heterocycles. The molecule has 0 atom stereocenters. The first-order valence-electron chi connectivity index (χ1n) is 12.0. The van der Waals surface area contributed by atoms with Crippen molar-refractivity contribution in [2.45, 2.75) is 25.7 Å². The fourth-order valence-corrected chi connectivity index (χ4v) is 5.17. The third kappa shape index (κ3) is 3.56. The highest BCUT2D eigenvalue weighted by Crippen LogP contribution is 2.33. The number of piperazine rings is 1. The molecule has 6 heteroatoms. The van der Waals surface area contributed by atoms with E-state index in [0.717, 1.165) is 51.1 Å². The Hall–Kier alpha value is -2.86. The first-order chi connectivity index (χ1) is 15.7. The summed E-state index contributed by atoms with van der Waals surface area (Å²) in [7, 11) is 0. The molecule has 1 saturated carbocycles. The average molecular weight is 430 g/mol. The quantitative estimate of drug-likeness (QED) is 0.623. The van der Waals surface area contributed by atoms with Crippen molar-refractivity contribution in [3.05, 3.63) is 54.4 Å². The third-order valence-corrected chi connectivity index (χ3v) is 7.46. The van der Waals surface area contributed by atoms with Gasteiger partial charge in [-0.25, -0.2) is 4.52 Å². The lowest BCUT2D eigenvalue weighted by Crippen LogP contribution is -2.49. The number of rotatable bonds is 5. The monoisotopic (exact) mass is 429 g/mol. The van der Waals surface area contributed by atoms with Crippen LogP contribution in [0.2, 0.25) is 0 Å². The predicted molar refractivity (Wildman–Crippen MR) is 127 cm³/mol. The summed E-state index contributed by atoms with van der Waals surface area (Å²) in [5.41, 5.74) is 6.21. The summed E-state index contributed by atoms with van der Waals surface area (Å²) >= 11 is 0. The SMILES string of the molecule is CCN1CC(c2ccc(-c3cc4c(N5CCN(C(=O)C6CC6)CC5)ccnn4c3)cc2)C1. The number of carbonyl (C=O) groups excluding carboxylic acids is 1. The van der Waals surface area contributed by atoms with E-state index in [9.17, 15) is 4.79 Å². The van der Waals surface area contributed by atoms with Gasteiger partial charge in [0, 0.05) is 69.1 Å². The van der Waals surface area contributed by atoms with Crippen LogP contribution in [0.4, 0.5) is 5.69 Å². The van der Waals surface area contributed by atoms with Crippen molar-refractivity contribution in [3.8, 4) is 11.1 Å². The molecular formula is C26H31N5O. The molecule has 0 spiro atoms. The number of hydrogen-bond donors (Lipinski definition) is 0. The van der Waals surface area contributed by atoms with E-state index in [0.29, 0.717) is 17.7 Å². The molecule has 0 bridgehead atoms. The Labute approximate surface area is 189 Å². The summed E-state index contributed by atoms with van der Waals surface area (Å²) in [4.78, 5) is 19.3. The fraction of sp³-hybridized carbons (Fsp3) is 0.462. The van der Waals surface area contributed by atoms with E-state index in [-0.39, 0.29) is 0 Å². The van der Waals surface area contributed by atoms with Crippen molar-refractivity contribution in [1.29, 1.82) is 0 Å². The average Bonchev–Trinajstić information content (AvgIpc) is 3.56. The van der Waals surface area contributed by atoms with Gasteiger partial charge >= 0.3 is 0 Å². The smallest absolute Gasteiger partial charge is 0.225 e. The topological polar surface area (TPSA) is 44.1 Å². The summed E-state index contributed by atoms with van der Waals surface area (Å²) in [6.45, 7) is 9.12. The highest BCUT2D eigenvalue weighted by atomic mass is 16.2. The van der Waals surface area contributed by atoms with Crippen LogP contribution in [0.1, 0.15) is 31.2 Å². The minimum Gasteiger partial charge on any atom is -0.366 e. The van der Waals surface area contributed by atoms with Crippen LogP contribution in [0.25, 0.3) is 16.6 Å². The fourth-order valence-electron chi connectivity index (χ4n) is 5.17. The molecule has 0 unspecified atom stereocenters. The van der Waals surface area contributed by atoms with E-state index >= 15 is 0 Å². The molecule has 4 heterocycles. The van der Waals surface area contributed by atoms with Crippen LogP contribution in [0, 0.1) is 5.92 Å². The van der Waals surface area contributed by atoms with Gasteiger partial charge in [-0.3, -0.25) is 4.79 Å². The second-order valence-electron chi connectivity index (χ2n) is 9.53. The standard InChI is InChI=1S/C26H31N5O/c1-2-28-16-23(17-28)20-5-3-19(4-6-20)22-15-25-24(9-10-27-31(25)18-22)29-11-13-30(14-12-29)26(32)21-7-8-21/h3-6,9-10,15,18,21,23H,2,7-8,11-14,16-17H2,1H3. The molecule has 166 valence electrons. The molecule has 0 N–H and O–H groups in total. The number of nitrogens with zero attached hydrogens (tertiary/aromatic N) is 5. The molecule has 6 rings (SSSR count). The number of fused-ring (bicyclic) bond motifs is 1. The molecule has 1 aliphatic carbocycles. The number of hydrogen-bond acceptors (Lipinski definition) is 4. The van der Waals surface area contributed by atoms with Crippen LogP contribution in [0.15, 0.2) is 48.8 Å². The summed E-state index contributed by atoms with van der Waals surface area (Å²) in [5.74, 6) is 1.35. The van der Waals surface area contributed by atoms with E-state index in [1.54, 1.807) is 0 Å². The van der Waals surface area contributed by atoms with E-state index in [2.05, 4.69) is 69.3 Å². The van der Waals surface area contributed by atoms with Gasteiger partial charge in [0.15, 0.2) is 0 Å². The molecule has 3 fully saturated rings. The van der Waals surface area contributed by atoms with Crippen LogP contribution in [0.5, 0.6) is 0 Å². The normalized spacial score (nSPS) is 20.0. The third-order valence-electron chi connectivity index (χ3n) is 7.46. The molecule has 2 saturated heterocycles. The molecule has 0 radical (unpaired) electrons. The molecule has 6 nitrogen and oxygen atoms in total. The van der Waals surface area contributed by atoms with Gasteiger partial charge in [-0.2, -0.15) is 5.10 Å². The van der Waals surface area contributed by atoms with E-state index in [1.165, 1.54) is 35.5 Å². The summed E-state index contributed by atoms with van der Waals surface area (Å²) in [6, 6.07) is 13.4. The number of aromatic nitrogens is 2.